The van der Waals surface area contributed by atoms with Crippen LogP contribution in [0.25, 0.3) is 11.1 Å². The van der Waals surface area contributed by atoms with Crippen LogP contribution in [0.15, 0.2) is 18.2 Å². The van der Waals surface area contributed by atoms with Crippen molar-refractivity contribution in [2.75, 3.05) is 7.11 Å². The molecule has 3 nitrogen and oxygen atoms in total. The predicted molar refractivity (Wildman–Crippen MR) is 74.5 cm³/mol. The number of hydrogen-bond acceptors (Lipinski definition) is 3. The molecule has 2 aliphatic carbocycles. The average molecular weight is 258 g/mol. The van der Waals surface area contributed by atoms with Gasteiger partial charge in [-0.15, -0.1) is 0 Å². The van der Waals surface area contributed by atoms with Gasteiger partial charge in [-0.05, 0) is 54.7 Å². The molecule has 0 aliphatic heterocycles. The summed E-state index contributed by atoms with van der Waals surface area (Å²) in [5.74, 6) is -0.398. The Morgan fingerprint density at radius 3 is 2.37 bits per heavy atom. The van der Waals surface area contributed by atoms with Crippen molar-refractivity contribution >= 4 is 5.97 Å². The number of methoxy groups -OCH3 is 1. The van der Waals surface area contributed by atoms with E-state index in [4.69, 9.17) is 4.74 Å². The molecule has 0 atom stereocenters. The van der Waals surface area contributed by atoms with Gasteiger partial charge in [0.15, 0.2) is 0 Å². The molecule has 19 heavy (non-hydrogen) atoms. The number of fused-ring (bicyclic) bond motifs is 1. The summed E-state index contributed by atoms with van der Waals surface area (Å²) in [5.41, 5.74) is 6.23. The number of aliphatic hydroxyl groups excluding tert-OH is 1. The Morgan fingerprint density at radius 2 is 1.79 bits per heavy atom. The highest BCUT2D eigenvalue weighted by Gasteiger charge is 2.24. The number of rotatable bonds is 2. The zero-order chi connectivity index (χ0) is 14.2. The lowest BCUT2D eigenvalue weighted by Gasteiger charge is -2.05. The Kier molecular flexibility index (Phi) is 3.58. The second-order valence-electron chi connectivity index (χ2n) is 4.88. The first-order chi connectivity index (χ1) is 8.99. The van der Waals surface area contributed by atoms with E-state index < -0.39 is 5.97 Å². The molecule has 0 saturated heterocycles. The summed E-state index contributed by atoms with van der Waals surface area (Å²) in [6, 6.07) is 6.00. The highest BCUT2D eigenvalue weighted by atomic mass is 16.5. The average Bonchev–Trinajstić information content (AvgIpc) is 2.72. The molecule has 0 aromatic carbocycles. The molecule has 100 valence electrons. The standard InChI is InChI=1S/C16H18O3/c1-9-5-10(2)13-7-12(8-17)15(16(18)19-4)14(13)11(3)6-9/h5-7,17H,8H2,1-4H3. The molecule has 0 saturated carbocycles. The lowest BCUT2D eigenvalue weighted by molar-refractivity contribution is 0.0598. The van der Waals surface area contributed by atoms with Gasteiger partial charge in [0.25, 0.3) is 0 Å². The van der Waals surface area contributed by atoms with Gasteiger partial charge in [-0.3, -0.25) is 0 Å². The van der Waals surface area contributed by atoms with E-state index >= 15 is 0 Å². The van der Waals surface area contributed by atoms with Crippen LogP contribution in [0.4, 0.5) is 0 Å². The van der Waals surface area contributed by atoms with Gasteiger partial charge >= 0.3 is 5.97 Å². The van der Waals surface area contributed by atoms with Crippen molar-refractivity contribution in [1.29, 1.82) is 0 Å². The summed E-state index contributed by atoms with van der Waals surface area (Å²) in [7, 11) is 1.36. The van der Waals surface area contributed by atoms with E-state index in [0.717, 1.165) is 27.8 Å². The number of aryl methyl sites for hydroxylation is 3. The van der Waals surface area contributed by atoms with Crippen LogP contribution < -0.4 is 0 Å². The van der Waals surface area contributed by atoms with Crippen LogP contribution in [-0.4, -0.2) is 18.2 Å². The minimum Gasteiger partial charge on any atom is -0.465 e. The molecule has 2 rings (SSSR count). The second-order valence-corrected chi connectivity index (χ2v) is 4.88. The maximum atomic E-state index is 12.0. The van der Waals surface area contributed by atoms with Crippen LogP contribution in [0, 0.1) is 20.8 Å². The van der Waals surface area contributed by atoms with Crippen molar-refractivity contribution in [1.82, 2.24) is 0 Å². The third kappa shape index (κ3) is 2.22. The van der Waals surface area contributed by atoms with E-state index in [0.29, 0.717) is 11.1 Å². The highest BCUT2D eigenvalue weighted by Crippen LogP contribution is 2.37. The quantitative estimate of drug-likeness (QED) is 0.842. The molecular weight excluding hydrogens is 240 g/mol. The smallest absolute Gasteiger partial charge is 0.338 e. The zero-order valence-corrected chi connectivity index (χ0v) is 11.7. The maximum absolute atomic E-state index is 12.0. The van der Waals surface area contributed by atoms with E-state index in [1.807, 2.05) is 32.9 Å². The second kappa shape index (κ2) is 5.02. The van der Waals surface area contributed by atoms with Crippen LogP contribution in [-0.2, 0) is 11.3 Å². The maximum Gasteiger partial charge on any atom is 0.338 e. The lowest BCUT2D eigenvalue weighted by atomic mass is 10.0. The molecule has 1 N–H and O–H groups in total. The van der Waals surface area contributed by atoms with Gasteiger partial charge < -0.3 is 9.84 Å². The van der Waals surface area contributed by atoms with Crippen LogP contribution in [0.3, 0.4) is 0 Å². The molecule has 0 bridgehead atoms. The Morgan fingerprint density at radius 1 is 1.16 bits per heavy atom. The monoisotopic (exact) mass is 258 g/mol. The van der Waals surface area contributed by atoms with Gasteiger partial charge in [0, 0.05) is 0 Å². The van der Waals surface area contributed by atoms with Crippen LogP contribution in [0.1, 0.15) is 32.6 Å². The molecule has 0 aromatic rings. The Bertz CT molecular complexity index is 614. The summed E-state index contributed by atoms with van der Waals surface area (Å²) in [4.78, 5) is 12.0. The van der Waals surface area contributed by atoms with E-state index in [1.54, 1.807) is 0 Å². The van der Waals surface area contributed by atoms with Crippen LogP contribution >= 0.6 is 0 Å². The molecule has 0 heterocycles. The molecule has 0 fully saturated rings. The van der Waals surface area contributed by atoms with Gasteiger partial charge in [-0.2, -0.15) is 0 Å². The Labute approximate surface area is 113 Å². The fourth-order valence-corrected chi connectivity index (χ4v) is 2.67. The van der Waals surface area contributed by atoms with E-state index in [9.17, 15) is 9.90 Å². The molecule has 3 heteroatoms. The summed E-state index contributed by atoms with van der Waals surface area (Å²) >= 11 is 0. The third-order valence-corrected chi connectivity index (χ3v) is 3.43. The van der Waals surface area contributed by atoms with Crippen molar-refractivity contribution in [3.8, 4) is 11.1 Å². The van der Waals surface area contributed by atoms with Crippen molar-refractivity contribution in [3.05, 3.63) is 46.0 Å². The number of carbonyl (C=O) groups is 1. The van der Waals surface area contributed by atoms with Crippen molar-refractivity contribution in [3.63, 3.8) is 0 Å². The SMILES string of the molecule is COC(=O)c1c(CO)cc2c(C)cc(C)cc(C)c1-2. The molecule has 0 aromatic heterocycles. The number of hydrogen-bond donors (Lipinski definition) is 1. The molecule has 0 amide bonds. The Hall–Kier alpha value is -1.87. The number of esters is 1. The van der Waals surface area contributed by atoms with Crippen LogP contribution in [0.2, 0.25) is 0 Å². The fourth-order valence-electron chi connectivity index (χ4n) is 2.67. The fraction of sp³-hybridized carbons (Fsp3) is 0.312. The van der Waals surface area contributed by atoms with E-state index in [-0.39, 0.29) is 6.61 Å². The van der Waals surface area contributed by atoms with Gasteiger partial charge in [-0.1, -0.05) is 17.7 Å². The van der Waals surface area contributed by atoms with E-state index in [1.165, 1.54) is 7.11 Å². The number of carbonyl (C=O) groups excluding carboxylic acids is 1. The zero-order valence-electron chi connectivity index (χ0n) is 11.7. The topological polar surface area (TPSA) is 46.5 Å². The molecule has 0 spiro atoms. The first-order valence-electron chi connectivity index (χ1n) is 6.22. The van der Waals surface area contributed by atoms with Gasteiger partial charge in [0.05, 0.1) is 19.3 Å². The highest BCUT2D eigenvalue weighted by molar-refractivity contribution is 6.02. The first kappa shape index (κ1) is 13.6. The minimum absolute atomic E-state index is 0.166. The summed E-state index contributed by atoms with van der Waals surface area (Å²) in [6.45, 7) is 5.85. The van der Waals surface area contributed by atoms with Gasteiger partial charge in [-0.25, -0.2) is 4.79 Å². The minimum atomic E-state index is -0.398. The number of aliphatic hydroxyl groups is 1. The van der Waals surface area contributed by atoms with Gasteiger partial charge in [0.1, 0.15) is 0 Å². The summed E-state index contributed by atoms with van der Waals surface area (Å²) in [5, 5.41) is 9.45. The summed E-state index contributed by atoms with van der Waals surface area (Å²) in [6.07, 6.45) is 0. The predicted octanol–water partition coefficient (Wildman–Crippen LogP) is 3.00. The first-order valence-corrected chi connectivity index (χ1v) is 6.22. The van der Waals surface area contributed by atoms with Crippen molar-refractivity contribution in [2.24, 2.45) is 0 Å². The van der Waals surface area contributed by atoms with Crippen LogP contribution in [0.5, 0.6) is 0 Å². The van der Waals surface area contributed by atoms with Crippen molar-refractivity contribution < 1.29 is 14.6 Å². The van der Waals surface area contributed by atoms with E-state index in [2.05, 4.69) is 6.07 Å². The van der Waals surface area contributed by atoms with Gasteiger partial charge in [0.2, 0.25) is 0 Å². The normalized spacial score (nSPS) is 10.8. The molecule has 0 radical (unpaired) electrons. The van der Waals surface area contributed by atoms with Crippen molar-refractivity contribution in [2.45, 2.75) is 27.4 Å². The molecular formula is C16H18O3. The number of ether oxygens (including phenoxy) is 1. The lowest BCUT2D eigenvalue weighted by Crippen LogP contribution is -2.04. The summed E-state index contributed by atoms with van der Waals surface area (Å²) < 4.78 is 4.85. The molecule has 0 unspecified atom stereocenters. The largest absolute Gasteiger partial charge is 0.465 e. The molecule has 2 aliphatic rings. The Balaban J connectivity index is 2.88. The third-order valence-electron chi connectivity index (χ3n) is 3.43.